The minimum absolute atomic E-state index is 0. The third kappa shape index (κ3) is 1470. The van der Waals surface area contributed by atoms with Gasteiger partial charge >= 0.3 is 0 Å². The van der Waals surface area contributed by atoms with Crippen molar-refractivity contribution in [3.8, 4) is 0 Å². The Bertz CT molecular complexity index is 4.14. The van der Waals surface area contributed by atoms with Gasteiger partial charge in [0, 0.05) is 17.1 Å². The van der Waals surface area contributed by atoms with E-state index in [1.165, 1.54) is 0 Å². The van der Waals surface area contributed by atoms with Crippen LogP contribution in [0.1, 0.15) is 0 Å². The molecule has 0 aliphatic carbocycles. The van der Waals surface area contributed by atoms with Crippen molar-refractivity contribution in [2.45, 2.75) is 0 Å². The summed E-state index contributed by atoms with van der Waals surface area (Å²) in [7, 11) is 0. The van der Waals surface area contributed by atoms with Gasteiger partial charge in [-0.1, -0.05) is 0 Å². The monoisotopic (exact) mass is 170 g/mol. The summed E-state index contributed by atoms with van der Waals surface area (Å²) < 4.78 is 0. The Balaban J connectivity index is 0. The molecule has 0 aliphatic heterocycles. The summed E-state index contributed by atoms with van der Waals surface area (Å²) in [6.07, 6.45) is 0. The maximum atomic E-state index is 0. The van der Waals surface area contributed by atoms with Gasteiger partial charge < -0.3 is 32.9 Å². The maximum Gasteiger partial charge on any atom is 0 e. The van der Waals surface area contributed by atoms with Gasteiger partial charge in [-0.15, -0.1) is 0 Å². The molecule has 0 bridgehead atoms. The summed E-state index contributed by atoms with van der Waals surface area (Å²) in [5, 5.41) is 0. The second kappa shape index (κ2) is 2240. The Kier molecular flexibility index (Phi) is 1180000. The molecule has 0 spiro atoms. The summed E-state index contributed by atoms with van der Waals surface area (Å²) in [5.74, 6) is 0. The SMILES string of the molecule is [Fe].[OH3+].[OH3+].[OH3+].[OH3+].[OH3+].[OH3+]. The van der Waals surface area contributed by atoms with Gasteiger partial charge in [0.25, 0.3) is 0 Å². The van der Waals surface area contributed by atoms with Crippen LogP contribution in [0.4, 0.5) is 0 Å². The van der Waals surface area contributed by atoms with Crippen molar-refractivity contribution in [3.05, 3.63) is 0 Å². The zero-order valence-electron chi connectivity index (χ0n) is 3.82. The molecule has 0 rings (SSSR count). The molecular formula is H18FeO6+6. The minimum Gasteiger partial charge on any atom is -0.457 e. The molecule has 0 fully saturated rings. The molecular weight excluding hydrogens is 152 g/mol. The van der Waals surface area contributed by atoms with E-state index < -0.39 is 0 Å². The van der Waals surface area contributed by atoms with Crippen molar-refractivity contribution in [2.75, 3.05) is 0 Å². The van der Waals surface area contributed by atoms with Gasteiger partial charge in [-0.2, -0.15) is 0 Å². The van der Waals surface area contributed by atoms with E-state index >= 15 is 0 Å². The summed E-state index contributed by atoms with van der Waals surface area (Å²) in [5.41, 5.74) is 0. The fourth-order valence-electron chi connectivity index (χ4n) is 0. The van der Waals surface area contributed by atoms with E-state index in [2.05, 4.69) is 0 Å². The van der Waals surface area contributed by atoms with Crippen molar-refractivity contribution in [2.24, 2.45) is 0 Å². The molecule has 0 atom stereocenters. The van der Waals surface area contributed by atoms with E-state index in [4.69, 9.17) is 0 Å². The first kappa shape index (κ1) is 3670. The molecule has 6 nitrogen and oxygen atoms in total. The van der Waals surface area contributed by atoms with Crippen LogP contribution in [0.15, 0.2) is 0 Å². The van der Waals surface area contributed by atoms with Crippen LogP contribution in [0.2, 0.25) is 0 Å². The molecule has 0 saturated heterocycles. The average Bonchev–Trinajstić information content (AvgIpc) is 0. The van der Waals surface area contributed by atoms with Crippen LogP contribution < -0.4 is 0 Å². The first-order valence-corrected chi connectivity index (χ1v) is 0. The molecule has 7 heavy (non-hydrogen) atoms. The third-order valence-corrected chi connectivity index (χ3v) is 0. The Labute approximate surface area is 50.8 Å². The van der Waals surface area contributed by atoms with Crippen molar-refractivity contribution in [1.82, 2.24) is 0 Å². The smallest absolute Gasteiger partial charge is 0 e. The van der Waals surface area contributed by atoms with Gasteiger partial charge in [0.15, 0.2) is 0 Å². The van der Waals surface area contributed by atoms with Crippen molar-refractivity contribution in [3.63, 3.8) is 0 Å². The summed E-state index contributed by atoms with van der Waals surface area (Å²) in [6, 6.07) is 0. The zero-order valence-corrected chi connectivity index (χ0v) is 4.92. The second-order valence-electron chi connectivity index (χ2n) is 0. The average molecular weight is 170 g/mol. The Morgan fingerprint density at radius 3 is 0.286 bits per heavy atom. The molecule has 7 heteroatoms. The Morgan fingerprint density at radius 1 is 0.286 bits per heavy atom. The minimum atomic E-state index is 0. The Morgan fingerprint density at radius 2 is 0.286 bits per heavy atom. The van der Waals surface area contributed by atoms with E-state index in [1.807, 2.05) is 0 Å². The van der Waals surface area contributed by atoms with E-state index in [9.17, 15) is 0 Å². The third-order valence-electron chi connectivity index (χ3n) is 0. The predicted octanol–water partition coefficient (Wildman–Crippen LogP) is -5.53. The molecule has 0 saturated carbocycles. The second-order valence-corrected chi connectivity index (χ2v) is 0. The largest absolute Gasteiger partial charge is 0.457 e. The van der Waals surface area contributed by atoms with Crippen LogP contribution in [0, 0.1) is 0 Å². The summed E-state index contributed by atoms with van der Waals surface area (Å²) in [6.45, 7) is 0. The molecule has 0 aromatic heterocycles. The number of rotatable bonds is 0. The molecule has 0 aromatic carbocycles. The maximum absolute atomic E-state index is 0. The van der Waals surface area contributed by atoms with Crippen molar-refractivity contribution >= 4 is 0 Å². The van der Waals surface area contributed by atoms with Gasteiger partial charge in [0.05, 0.1) is 0 Å². The molecule has 0 amide bonds. The van der Waals surface area contributed by atoms with Crippen molar-refractivity contribution in [1.29, 1.82) is 0 Å². The van der Waals surface area contributed by atoms with E-state index in [-0.39, 0.29) is 49.9 Å². The van der Waals surface area contributed by atoms with Gasteiger partial charge in [-0.25, -0.2) is 0 Å². The molecule has 56 valence electrons. The molecule has 18 N–H and O–H groups in total. The van der Waals surface area contributed by atoms with Crippen LogP contribution in [-0.4, -0.2) is 0 Å². The van der Waals surface area contributed by atoms with Gasteiger partial charge in [-0.05, 0) is 0 Å². The molecule has 0 radical (unpaired) electrons. The molecule has 0 aromatic rings. The van der Waals surface area contributed by atoms with E-state index in [0.717, 1.165) is 0 Å². The van der Waals surface area contributed by atoms with Crippen LogP contribution in [0.5, 0.6) is 0 Å². The standard InChI is InChI=1S/Fe.6H2O/h;6*1H2/p+6. The quantitative estimate of drug-likeness (QED) is 0.246. The first-order valence-electron chi connectivity index (χ1n) is 0. The van der Waals surface area contributed by atoms with Gasteiger partial charge in [-0.3, -0.25) is 0 Å². The Hall–Kier alpha value is 0.279. The molecule has 0 unspecified atom stereocenters. The van der Waals surface area contributed by atoms with Crippen LogP contribution in [-0.2, 0) is 49.9 Å². The van der Waals surface area contributed by atoms with Gasteiger partial charge in [0.2, 0.25) is 0 Å². The zero-order chi connectivity index (χ0) is 0. The normalized spacial score (nSPS) is 0. The van der Waals surface area contributed by atoms with Gasteiger partial charge in [0.1, 0.15) is 0 Å². The number of hydrogen-bond acceptors (Lipinski definition) is 0. The van der Waals surface area contributed by atoms with Crippen LogP contribution in [0.25, 0.3) is 0 Å². The summed E-state index contributed by atoms with van der Waals surface area (Å²) in [4.78, 5) is 0. The van der Waals surface area contributed by atoms with Crippen LogP contribution >= 0.6 is 0 Å². The molecule has 0 aliphatic rings. The van der Waals surface area contributed by atoms with Crippen molar-refractivity contribution < 1.29 is 49.9 Å². The summed E-state index contributed by atoms with van der Waals surface area (Å²) >= 11 is 0. The number of hydrogen-bond donors (Lipinski definition) is 0. The topological polar surface area (TPSA) is 198 Å². The molecule has 0 heterocycles. The fraction of sp³-hybridized carbons (Fsp3) is 0. The van der Waals surface area contributed by atoms with E-state index in [1.54, 1.807) is 0 Å². The van der Waals surface area contributed by atoms with Crippen LogP contribution in [0.3, 0.4) is 0 Å². The van der Waals surface area contributed by atoms with E-state index in [0.29, 0.717) is 0 Å². The first-order chi connectivity index (χ1) is 0. The fourth-order valence-corrected chi connectivity index (χ4v) is 0. The predicted molar refractivity (Wildman–Crippen MR) is 29.2 cm³/mol.